The van der Waals surface area contributed by atoms with Crippen molar-refractivity contribution in [1.29, 1.82) is 0 Å². The molecule has 1 saturated carbocycles. The van der Waals surface area contributed by atoms with Gasteiger partial charge in [-0.2, -0.15) is 13.2 Å². The van der Waals surface area contributed by atoms with Gasteiger partial charge in [-0.25, -0.2) is 4.79 Å². The summed E-state index contributed by atoms with van der Waals surface area (Å²) >= 11 is 0. The van der Waals surface area contributed by atoms with Crippen LogP contribution in [0, 0.1) is 5.92 Å². The average molecular weight is 296 g/mol. The molecule has 0 spiro atoms. The lowest BCUT2D eigenvalue weighted by atomic mass is 9.74. The van der Waals surface area contributed by atoms with Crippen LogP contribution in [-0.2, 0) is 9.53 Å². The Hall–Kier alpha value is -1.08. The lowest BCUT2D eigenvalue weighted by Crippen LogP contribution is -2.55. The third-order valence-corrected chi connectivity index (χ3v) is 3.69. The van der Waals surface area contributed by atoms with Crippen LogP contribution in [0.15, 0.2) is 12.2 Å². The van der Waals surface area contributed by atoms with Gasteiger partial charge < -0.3 is 14.9 Å². The smallest absolute Gasteiger partial charge is 0.417 e. The molecule has 1 aliphatic rings. The van der Waals surface area contributed by atoms with Crippen molar-refractivity contribution in [1.82, 2.24) is 0 Å². The van der Waals surface area contributed by atoms with E-state index in [1.165, 1.54) is 6.92 Å². The number of esters is 1. The highest BCUT2D eigenvalue weighted by Gasteiger charge is 2.57. The summed E-state index contributed by atoms with van der Waals surface area (Å²) in [4.78, 5) is 11.3. The summed E-state index contributed by atoms with van der Waals surface area (Å²) < 4.78 is 43.2. The second kappa shape index (κ2) is 5.73. The molecule has 4 unspecified atom stereocenters. The minimum Gasteiger partial charge on any atom is -0.459 e. The van der Waals surface area contributed by atoms with Crippen LogP contribution in [0.4, 0.5) is 13.2 Å². The predicted molar refractivity (Wildman–Crippen MR) is 64.7 cm³/mol. The molecule has 0 radical (unpaired) electrons. The topological polar surface area (TPSA) is 66.8 Å². The second-order valence-corrected chi connectivity index (χ2v) is 5.44. The summed E-state index contributed by atoms with van der Waals surface area (Å²) in [6.07, 6.45) is -6.91. The molecule has 0 aromatic carbocycles. The highest BCUT2D eigenvalue weighted by atomic mass is 19.4. The zero-order valence-electron chi connectivity index (χ0n) is 11.4. The van der Waals surface area contributed by atoms with Crippen LogP contribution in [0.1, 0.15) is 33.1 Å². The lowest BCUT2D eigenvalue weighted by Gasteiger charge is -2.41. The molecule has 1 aliphatic carbocycles. The van der Waals surface area contributed by atoms with Crippen LogP contribution < -0.4 is 0 Å². The van der Waals surface area contributed by atoms with Crippen molar-refractivity contribution in [3.8, 4) is 0 Å². The molecule has 0 aromatic rings. The van der Waals surface area contributed by atoms with Gasteiger partial charge in [-0.1, -0.05) is 6.58 Å². The van der Waals surface area contributed by atoms with Crippen molar-refractivity contribution >= 4 is 5.97 Å². The molecular formula is C13H19F3O4. The summed E-state index contributed by atoms with van der Waals surface area (Å²) in [7, 11) is 0. The Bertz CT molecular complexity index is 390. The number of carbonyl (C=O) groups is 1. The summed E-state index contributed by atoms with van der Waals surface area (Å²) in [5, 5.41) is 19.4. The summed E-state index contributed by atoms with van der Waals surface area (Å²) in [6, 6.07) is 0. The average Bonchev–Trinajstić information content (AvgIpc) is 2.26. The van der Waals surface area contributed by atoms with Gasteiger partial charge in [-0.05, 0) is 26.7 Å². The van der Waals surface area contributed by atoms with E-state index < -0.39 is 35.9 Å². The maximum Gasteiger partial charge on any atom is 0.417 e. The van der Waals surface area contributed by atoms with Gasteiger partial charge in [0, 0.05) is 17.9 Å². The third-order valence-electron chi connectivity index (χ3n) is 3.69. The first-order chi connectivity index (χ1) is 8.96. The SMILES string of the molecule is C=C(C)C(=O)OC1CCC(C(C)(O)C(F)(F)F)C(O)C1. The molecule has 4 atom stereocenters. The van der Waals surface area contributed by atoms with Gasteiger partial charge in [-0.3, -0.25) is 0 Å². The molecular weight excluding hydrogens is 277 g/mol. The first-order valence-electron chi connectivity index (χ1n) is 6.30. The van der Waals surface area contributed by atoms with Crippen LogP contribution >= 0.6 is 0 Å². The van der Waals surface area contributed by atoms with Crippen molar-refractivity contribution in [2.45, 2.75) is 57.1 Å². The maximum atomic E-state index is 12.7. The second-order valence-electron chi connectivity index (χ2n) is 5.44. The molecule has 4 nitrogen and oxygen atoms in total. The fraction of sp³-hybridized carbons (Fsp3) is 0.769. The minimum atomic E-state index is -4.82. The van der Waals surface area contributed by atoms with Gasteiger partial charge in [0.2, 0.25) is 0 Å². The number of alkyl halides is 3. The van der Waals surface area contributed by atoms with Crippen molar-refractivity contribution in [3.05, 3.63) is 12.2 Å². The largest absolute Gasteiger partial charge is 0.459 e. The van der Waals surface area contributed by atoms with Gasteiger partial charge in [-0.15, -0.1) is 0 Å². The first kappa shape index (κ1) is 17.0. The molecule has 0 aliphatic heterocycles. The number of aliphatic hydroxyl groups is 2. The lowest BCUT2D eigenvalue weighted by molar-refractivity contribution is -0.286. The number of rotatable bonds is 3. The van der Waals surface area contributed by atoms with Crippen molar-refractivity contribution in [2.24, 2.45) is 5.92 Å². The number of hydrogen-bond donors (Lipinski definition) is 2. The summed E-state index contributed by atoms with van der Waals surface area (Å²) in [5.41, 5.74) is -2.78. The Morgan fingerprint density at radius 1 is 1.35 bits per heavy atom. The maximum absolute atomic E-state index is 12.7. The number of halogens is 3. The van der Waals surface area contributed by atoms with Gasteiger partial charge in [0.1, 0.15) is 6.10 Å². The fourth-order valence-electron chi connectivity index (χ4n) is 2.33. The van der Waals surface area contributed by atoms with E-state index in [4.69, 9.17) is 4.74 Å². The van der Waals surface area contributed by atoms with E-state index in [1.54, 1.807) is 0 Å². The zero-order valence-corrected chi connectivity index (χ0v) is 11.4. The fourth-order valence-corrected chi connectivity index (χ4v) is 2.33. The van der Waals surface area contributed by atoms with E-state index in [9.17, 15) is 28.2 Å². The van der Waals surface area contributed by atoms with Gasteiger partial charge >= 0.3 is 12.1 Å². The quantitative estimate of drug-likeness (QED) is 0.617. The van der Waals surface area contributed by atoms with Crippen molar-refractivity contribution in [3.63, 3.8) is 0 Å². The third kappa shape index (κ3) is 3.52. The molecule has 7 heteroatoms. The standard InChI is InChI=1S/C13H19F3O4/c1-7(2)11(18)20-8-4-5-9(10(17)6-8)12(3,19)13(14,15)16/h8-10,17,19H,1,4-6H2,2-3H3. The molecule has 1 rings (SSSR count). The number of aliphatic hydroxyl groups excluding tert-OH is 1. The van der Waals surface area contributed by atoms with Gasteiger partial charge in [0.15, 0.2) is 5.60 Å². The van der Waals surface area contributed by atoms with E-state index in [1.807, 2.05) is 0 Å². The summed E-state index contributed by atoms with van der Waals surface area (Å²) in [5.74, 6) is -1.97. The van der Waals surface area contributed by atoms with E-state index in [0.29, 0.717) is 6.92 Å². The van der Waals surface area contributed by atoms with Crippen molar-refractivity contribution < 1.29 is 32.9 Å². The molecule has 116 valence electrons. The van der Waals surface area contributed by atoms with E-state index in [2.05, 4.69) is 6.58 Å². The number of hydrogen-bond acceptors (Lipinski definition) is 4. The minimum absolute atomic E-state index is 0.0815. The Balaban J connectivity index is 2.69. The highest BCUT2D eigenvalue weighted by Crippen LogP contribution is 2.43. The first-order valence-corrected chi connectivity index (χ1v) is 6.30. The molecule has 0 aromatic heterocycles. The van der Waals surface area contributed by atoms with Crippen LogP contribution in [0.3, 0.4) is 0 Å². The zero-order chi connectivity index (χ0) is 15.7. The Morgan fingerprint density at radius 3 is 2.30 bits per heavy atom. The van der Waals surface area contributed by atoms with Crippen LogP contribution in [0.25, 0.3) is 0 Å². The van der Waals surface area contributed by atoms with Crippen LogP contribution in [0.2, 0.25) is 0 Å². The van der Waals surface area contributed by atoms with Crippen LogP contribution in [-0.4, -0.2) is 40.2 Å². The van der Waals surface area contributed by atoms with E-state index in [0.717, 1.165) is 0 Å². The van der Waals surface area contributed by atoms with Crippen molar-refractivity contribution in [2.75, 3.05) is 0 Å². The van der Waals surface area contributed by atoms with Gasteiger partial charge in [0.25, 0.3) is 0 Å². The Morgan fingerprint density at radius 2 is 1.90 bits per heavy atom. The molecule has 20 heavy (non-hydrogen) atoms. The molecule has 0 saturated heterocycles. The van der Waals surface area contributed by atoms with Crippen LogP contribution in [0.5, 0.6) is 0 Å². The van der Waals surface area contributed by atoms with E-state index in [-0.39, 0.29) is 24.8 Å². The molecule has 2 N–H and O–H groups in total. The normalized spacial score (nSPS) is 30.4. The Kier molecular flexibility index (Phi) is 4.86. The Labute approximate surface area is 115 Å². The number of ether oxygens (including phenoxy) is 1. The number of carbonyl (C=O) groups excluding carboxylic acids is 1. The molecule has 0 amide bonds. The molecule has 1 fully saturated rings. The summed E-state index contributed by atoms with van der Waals surface area (Å²) in [6.45, 7) is 5.51. The van der Waals surface area contributed by atoms with E-state index >= 15 is 0 Å². The highest BCUT2D eigenvalue weighted by molar-refractivity contribution is 5.87. The molecule has 0 bridgehead atoms. The van der Waals surface area contributed by atoms with Gasteiger partial charge in [0.05, 0.1) is 6.10 Å². The predicted octanol–water partition coefficient (Wildman–Crippen LogP) is 1.95. The monoisotopic (exact) mass is 296 g/mol. The molecule has 0 heterocycles.